The molecule has 0 unspecified atom stereocenters. The van der Waals surface area contributed by atoms with Crippen LogP contribution >= 0.6 is 11.6 Å². The number of benzene rings is 1. The molecule has 26 heavy (non-hydrogen) atoms. The van der Waals surface area contributed by atoms with Crippen LogP contribution in [0.1, 0.15) is 37.5 Å². The molecule has 1 saturated carbocycles. The molecule has 6 nitrogen and oxygen atoms in total. The fourth-order valence-electron chi connectivity index (χ4n) is 4.17. The van der Waals surface area contributed by atoms with Gasteiger partial charge in [-0.25, -0.2) is 9.67 Å². The molecular weight excluding hydrogens is 350 g/mol. The van der Waals surface area contributed by atoms with E-state index in [1.165, 1.54) is 12.8 Å². The molecule has 5 rings (SSSR count). The summed E-state index contributed by atoms with van der Waals surface area (Å²) in [6, 6.07) is 8.18. The van der Waals surface area contributed by atoms with Crippen molar-refractivity contribution in [1.29, 1.82) is 0 Å². The van der Waals surface area contributed by atoms with Crippen LogP contribution in [0.5, 0.6) is 0 Å². The van der Waals surface area contributed by atoms with E-state index >= 15 is 0 Å². The van der Waals surface area contributed by atoms with Crippen LogP contribution in [0.2, 0.25) is 5.02 Å². The van der Waals surface area contributed by atoms with Gasteiger partial charge in [0, 0.05) is 23.8 Å². The van der Waals surface area contributed by atoms with Gasteiger partial charge in [-0.3, -0.25) is 9.36 Å². The monoisotopic (exact) mass is 369 g/mol. The van der Waals surface area contributed by atoms with Crippen LogP contribution in [-0.2, 0) is 13.1 Å². The van der Waals surface area contributed by atoms with E-state index in [9.17, 15) is 4.79 Å². The van der Waals surface area contributed by atoms with E-state index < -0.39 is 0 Å². The third-order valence-corrected chi connectivity index (χ3v) is 5.83. The van der Waals surface area contributed by atoms with Crippen LogP contribution in [0, 0.1) is 0 Å². The van der Waals surface area contributed by atoms with Crippen LogP contribution in [0.25, 0.3) is 11.0 Å². The van der Waals surface area contributed by atoms with Crippen molar-refractivity contribution < 1.29 is 0 Å². The Balaban J connectivity index is 1.56. The lowest BCUT2D eigenvalue weighted by Gasteiger charge is -2.31. The molecule has 0 N–H and O–H groups in total. The van der Waals surface area contributed by atoms with Crippen molar-refractivity contribution in [2.45, 2.75) is 44.8 Å². The summed E-state index contributed by atoms with van der Waals surface area (Å²) >= 11 is 6.00. The predicted molar refractivity (Wildman–Crippen MR) is 102 cm³/mol. The van der Waals surface area contributed by atoms with Crippen molar-refractivity contribution in [3.05, 3.63) is 51.7 Å². The molecule has 0 saturated heterocycles. The largest absolute Gasteiger partial charge is 0.362 e. The van der Waals surface area contributed by atoms with E-state index in [4.69, 9.17) is 16.6 Å². The van der Waals surface area contributed by atoms with E-state index in [0.717, 1.165) is 41.6 Å². The number of aromatic nitrogens is 4. The van der Waals surface area contributed by atoms with Gasteiger partial charge in [-0.05, 0) is 37.1 Å². The Bertz CT molecular complexity index is 1020. The Morgan fingerprint density at radius 2 is 1.85 bits per heavy atom. The Hall–Kier alpha value is -2.34. The highest BCUT2D eigenvalue weighted by Gasteiger charge is 2.25. The molecule has 0 bridgehead atoms. The average molecular weight is 370 g/mol. The molecule has 0 spiro atoms. The van der Waals surface area contributed by atoms with Crippen molar-refractivity contribution in [3.63, 3.8) is 0 Å². The first-order chi connectivity index (χ1) is 12.7. The summed E-state index contributed by atoms with van der Waals surface area (Å²) in [5, 5.41) is 5.87. The summed E-state index contributed by atoms with van der Waals surface area (Å²) in [7, 11) is 0. The maximum Gasteiger partial charge on any atom is 0.264 e. The molecule has 1 aromatic carbocycles. The summed E-state index contributed by atoms with van der Waals surface area (Å²) in [5.74, 6) is 0.809. The fourth-order valence-corrected chi connectivity index (χ4v) is 4.30. The zero-order chi connectivity index (χ0) is 17.7. The minimum Gasteiger partial charge on any atom is -0.362 e. The fraction of sp³-hybridized carbons (Fsp3) is 0.421. The van der Waals surface area contributed by atoms with Crippen LogP contribution in [0.3, 0.4) is 0 Å². The van der Waals surface area contributed by atoms with Crippen LogP contribution in [0.15, 0.2) is 35.3 Å². The molecule has 7 heteroatoms. The Labute approximate surface area is 156 Å². The third-order valence-electron chi connectivity index (χ3n) is 5.58. The quantitative estimate of drug-likeness (QED) is 0.694. The van der Waals surface area contributed by atoms with Gasteiger partial charge < -0.3 is 4.90 Å². The maximum absolute atomic E-state index is 12.9. The molecule has 1 aliphatic heterocycles. The summed E-state index contributed by atoms with van der Waals surface area (Å²) in [6.07, 6.45) is 6.38. The first kappa shape index (κ1) is 15.9. The van der Waals surface area contributed by atoms with Crippen molar-refractivity contribution >= 4 is 28.3 Å². The summed E-state index contributed by atoms with van der Waals surface area (Å²) < 4.78 is 3.78. The van der Waals surface area contributed by atoms with Crippen molar-refractivity contribution in [1.82, 2.24) is 19.3 Å². The zero-order valence-corrected chi connectivity index (χ0v) is 15.2. The number of rotatable bonds is 2. The topological polar surface area (TPSA) is 56.0 Å². The molecule has 2 aromatic heterocycles. The van der Waals surface area contributed by atoms with Crippen LogP contribution in [-0.4, -0.2) is 25.9 Å². The van der Waals surface area contributed by atoms with E-state index in [0.29, 0.717) is 24.5 Å². The van der Waals surface area contributed by atoms with E-state index in [-0.39, 0.29) is 5.56 Å². The Morgan fingerprint density at radius 3 is 2.62 bits per heavy atom. The smallest absolute Gasteiger partial charge is 0.264 e. The third kappa shape index (κ3) is 2.51. The first-order valence-corrected chi connectivity index (χ1v) is 9.56. The number of hydrogen-bond acceptors (Lipinski definition) is 4. The standard InChI is InChI=1S/C19H20ClN5O/c20-13-5-7-14(8-6-13)23-9-10-24-17(12-23)22-18-16(19(24)26)11-21-25(18)15-3-1-2-4-15/h5-8,11,15H,1-4,9-10,12H2. The highest BCUT2D eigenvalue weighted by molar-refractivity contribution is 6.30. The number of fused-ring (bicyclic) bond motifs is 2. The summed E-state index contributed by atoms with van der Waals surface area (Å²) in [4.78, 5) is 20.0. The highest BCUT2D eigenvalue weighted by Crippen LogP contribution is 2.31. The molecule has 2 aliphatic rings. The normalized spacial score (nSPS) is 17.8. The highest BCUT2D eigenvalue weighted by atomic mass is 35.5. The lowest BCUT2D eigenvalue weighted by molar-refractivity contribution is 0.474. The molecule has 0 radical (unpaired) electrons. The minimum atomic E-state index is 0.0324. The molecule has 3 heterocycles. The second-order valence-electron chi connectivity index (χ2n) is 7.15. The van der Waals surface area contributed by atoms with Gasteiger partial charge in [-0.1, -0.05) is 24.4 Å². The van der Waals surface area contributed by atoms with Gasteiger partial charge in [0.1, 0.15) is 11.2 Å². The van der Waals surface area contributed by atoms with Gasteiger partial charge in [-0.15, -0.1) is 0 Å². The van der Waals surface area contributed by atoms with Crippen LogP contribution < -0.4 is 10.5 Å². The van der Waals surface area contributed by atoms with E-state index in [1.807, 2.05) is 28.9 Å². The molecule has 0 atom stereocenters. The van der Waals surface area contributed by atoms with Crippen LogP contribution in [0.4, 0.5) is 5.69 Å². The Kier molecular flexibility index (Phi) is 3.74. The molecule has 0 amide bonds. The van der Waals surface area contributed by atoms with Gasteiger partial charge in [0.2, 0.25) is 0 Å². The molecular formula is C19H20ClN5O. The van der Waals surface area contributed by atoms with Crippen molar-refractivity contribution in [2.24, 2.45) is 0 Å². The number of halogens is 1. The molecule has 3 aromatic rings. The van der Waals surface area contributed by atoms with Crippen molar-refractivity contribution in [2.75, 3.05) is 11.4 Å². The van der Waals surface area contributed by atoms with Crippen molar-refractivity contribution in [3.8, 4) is 0 Å². The van der Waals surface area contributed by atoms with Gasteiger partial charge in [-0.2, -0.15) is 5.10 Å². The molecule has 1 fully saturated rings. The molecule has 134 valence electrons. The SMILES string of the molecule is O=c1c2cnn(C3CCCC3)c2nc2n1CCN(c1ccc(Cl)cc1)C2. The zero-order valence-electron chi connectivity index (χ0n) is 14.4. The van der Waals surface area contributed by atoms with Gasteiger partial charge in [0.25, 0.3) is 5.56 Å². The van der Waals surface area contributed by atoms with E-state index in [2.05, 4.69) is 10.00 Å². The Morgan fingerprint density at radius 1 is 1.08 bits per heavy atom. The second-order valence-corrected chi connectivity index (χ2v) is 7.58. The average Bonchev–Trinajstić information content (AvgIpc) is 3.31. The maximum atomic E-state index is 12.9. The number of anilines is 1. The number of nitrogens with zero attached hydrogens (tertiary/aromatic N) is 5. The lowest BCUT2D eigenvalue weighted by Crippen LogP contribution is -2.40. The van der Waals surface area contributed by atoms with Gasteiger partial charge in [0.05, 0.1) is 18.8 Å². The summed E-state index contributed by atoms with van der Waals surface area (Å²) in [6.45, 7) is 2.02. The number of hydrogen-bond donors (Lipinski definition) is 0. The lowest BCUT2D eigenvalue weighted by atomic mass is 10.2. The van der Waals surface area contributed by atoms with Gasteiger partial charge >= 0.3 is 0 Å². The first-order valence-electron chi connectivity index (χ1n) is 9.18. The van der Waals surface area contributed by atoms with E-state index in [1.54, 1.807) is 10.8 Å². The second kappa shape index (κ2) is 6.13. The summed E-state index contributed by atoms with van der Waals surface area (Å²) in [5.41, 5.74) is 1.87. The van der Waals surface area contributed by atoms with Gasteiger partial charge in [0.15, 0.2) is 5.65 Å². The predicted octanol–water partition coefficient (Wildman–Crippen LogP) is 3.38. The minimum absolute atomic E-state index is 0.0324. The molecule has 1 aliphatic carbocycles.